The second kappa shape index (κ2) is 6.19. The maximum absolute atomic E-state index is 12.5. The molecule has 0 aliphatic carbocycles. The van der Waals surface area contributed by atoms with E-state index in [9.17, 15) is 4.79 Å². The molecule has 1 N–H and O–H groups in total. The number of likely N-dealkylation sites (tertiary alicyclic amines) is 1. The monoisotopic (exact) mass is 265 g/mol. The first-order chi connectivity index (χ1) is 9.21. The molecule has 106 valence electrons. The fourth-order valence-electron chi connectivity index (χ4n) is 2.74. The molecule has 1 atom stereocenters. The molecule has 1 aliphatic rings. The van der Waals surface area contributed by atoms with Crippen LogP contribution in [0.15, 0.2) is 12.3 Å². The van der Waals surface area contributed by atoms with Gasteiger partial charge in [-0.2, -0.15) is 5.10 Å². The lowest BCUT2D eigenvalue weighted by atomic mass is 10.1. The van der Waals surface area contributed by atoms with E-state index >= 15 is 0 Å². The van der Waals surface area contributed by atoms with Crippen molar-refractivity contribution in [2.24, 2.45) is 5.92 Å². The van der Waals surface area contributed by atoms with E-state index in [1.54, 1.807) is 12.3 Å². The maximum atomic E-state index is 12.5. The number of hydrogen-bond donors (Lipinski definition) is 1. The molecule has 2 heterocycles. The predicted molar refractivity (Wildman–Crippen MR) is 72.9 cm³/mol. The molecule has 19 heavy (non-hydrogen) atoms. The van der Waals surface area contributed by atoms with Gasteiger partial charge in [-0.3, -0.25) is 9.48 Å². The normalized spacial score (nSPS) is 19.4. The first-order valence-electron chi connectivity index (χ1n) is 7.14. The lowest BCUT2D eigenvalue weighted by Gasteiger charge is -2.20. The Hall–Kier alpha value is -1.36. The SMILES string of the molecule is CCC(CC)n1nccc1C(=O)N1CCC(CO)C1. The maximum Gasteiger partial charge on any atom is 0.272 e. The Bertz CT molecular complexity index is 426. The predicted octanol–water partition coefficient (Wildman–Crippen LogP) is 1.70. The van der Waals surface area contributed by atoms with Crippen LogP contribution in [0.3, 0.4) is 0 Å². The van der Waals surface area contributed by atoms with Gasteiger partial charge in [0, 0.05) is 31.8 Å². The van der Waals surface area contributed by atoms with Crippen molar-refractivity contribution < 1.29 is 9.90 Å². The van der Waals surface area contributed by atoms with E-state index in [1.807, 2.05) is 9.58 Å². The number of aliphatic hydroxyl groups is 1. The minimum absolute atomic E-state index is 0.0420. The average molecular weight is 265 g/mol. The standard InChI is InChI=1S/C14H23N3O2/c1-3-12(4-2)17-13(5-7-15-17)14(19)16-8-6-11(9-16)10-18/h5,7,11-12,18H,3-4,6,8-10H2,1-2H3. The van der Waals surface area contributed by atoms with Crippen LogP contribution in [0, 0.1) is 5.92 Å². The van der Waals surface area contributed by atoms with Crippen LogP contribution in [-0.2, 0) is 0 Å². The van der Waals surface area contributed by atoms with E-state index in [2.05, 4.69) is 18.9 Å². The summed E-state index contributed by atoms with van der Waals surface area (Å²) in [6, 6.07) is 2.08. The lowest BCUT2D eigenvalue weighted by molar-refractivity contribution is 0.0766. The van der Waals surface area contributed by atoms with Crippen molar-refractivity contribution in [3.63, 3.8) is 0 Å². The Kier molecular flexibility index (Phi) is 4.58. The molecule has 1 saturated heterocycles. The van der Waals surface area contributed by atoms with E-state index < -0.39 is 0 Å². The summed E-state index contributed by atoms with van der Waals surface area (Å²) >= 11 is 0. The second-order valence-electron chi connectivity index (χ2n) is 5.22. The van der Waals surface area contributed by atoms with Crippen LogP contribution in [0.1, 0.15) is 49.6 Å². The molecular weight excluding hydrogens is 242 g/mol. The molecule has 2 rings (SSSR count). The zero-order valence-electron chi connectivity index (χ0n) is 11.7. The van der Waals surface area contributed by atoms with Gasteiger partial charge in [0.2, 0.25) is 0 Å². The van der Waals surface area contributed by atoms with Gasteiger partial charge in [0.1, 0.15) is 5.69 Å². The third-order valence-corrected chi connectivity index (χ3v) is 4.01. The van der Waals surface area contributed by atoms with E-state index in [0.29, 0.717) is 12.2 Å². The summed E-state index contributed by atoms with van der Waals surface area (Å²) in [5.74, 6) is 0.272. The molecule has 0 radical (unpaired) electrons. The summed E-state index contributed by atoms with van der Waals surface area (Å²) in [6.45, 7) is 5.78. The number of hydrogen-bond acceptors (Lipinski definition) is 3. The van der Waals surface area contributed by atoms with Crippen molar-refractivity contribution in [2.45, 2.75) is 39.2 Å². The van der Waals surface area contributed by atoms with Gasteiger partial charge in [-0.15, -0.1) is 0 Å². The van der Waals surface area contributed by atoms with Crippen molar-refractivity contribution in [2.75, 3.05) is 19.7 Å². The van der Waals surface area contributed by atoms with Crippen molar-refractivity contribution in [1.29, 1.82) is 0 Å². The largest absolute Gasteiger partial charge is 0.396 e. The summed E-state index contributed by atoms with van der Waals surface area (Å²) in [4.78, 5) is 14.3. The molecule has 5 nitrogen and oxygen atoms in total. The Morgan fingerprint density at radius 2 is 2.26 bits per heavy atom. The van der Waals surface area contributed by atoms with Crippen LogP contribution in [0.2, 0.25) is 0 Å². The van der Waals surface area contributed by atoms with E-state index in [-0.39, 0.29) is 24.5 Å². The molecule has 5 heteroatoms. The molecule has 1 fully saturated rings. The van der Waals surface area contributed by atoms with Crippen LogP contribution >= 0.6 is 0 Å². The zero-order valence-corrected chi connectivity index (χ0v) is 11.7. The average Bonchev–Trinajstić information content (AvgIpc) is 3.08. The molecule has 0 saturated carbocycles. The van der Waals surface area contributed by atoms with Gasteiger partial charge < -0.3 is 10.0 Å². The third kappa shape index (κ3) is 2.81. The third-order valence-electron chi connectivity index (χ3n) is 4.01. The van der Waals surface area contributed by atoms with Crippen LogP contribution in [0.4, 0.5) is 0 Å². The molecular formula is C14H23N3O2. The van der Waals surface area contributed by atoms with Crippen LogP contribution in [0.5, 0.6) is 0 Å². The fourth-order valence-corrected chi connectivity index (χ4v) is 2.74. The van der Waals surface area contributed by atoms with E-state index in [4.69, 9.17) is 5.11 Å². The van der Waals surface area contributed by atoms with Gasteiger partial charge in [-0.25, -0.2) is 0 Å². The zero-order chi connectivity index (χ0) is 13.8. The Morgan fingerprint density at radius 1 is 1.53 bits per heavy atom. The Balaban J connectivity index is 2.14. The number of amides is 1. The van der Waals surface area contributed by atoms with Crippen molar-refractivity contribution in [3.8, 4) is 0 Å². The quantitative estimate of drug-likeness (QED) is 0.881. The van der Waals surface area contributed by atoms with E-state index in [1.165, 1.54) is 0 Å². The highest BCUT2D eigenvalue weighted by Crippen LogP contribution is 2.21. The van der Waals surface area contributed by atoms with Gasteiger partial charge >= 0.3 is 0 Å². The van der Waals surface area contributed by atoms with Crippen molar-refractivity contribution >= 4 is 5.91 Å². The Labute approximate surface area is 114 Å². The number of aromatic nitrogens is 2. The first kappa shape index (κ1) is 14.1. The van der Waals surface area contributed by atoms with Crippen molar-refractivity contribution in [3.05, 3.63) is 18.0 Å². The summed E-state index contributed by atoms with van der Waals surface area (Å²) < 4.78 is 1.86. The second-order valence-corrected chi connectivity index (χ2v) is 5.22. The highest BCUT2D eigenvalue weighted by atomic mass is 16.3. The number of carbonyl (C=O) groups excluding carboxylic acids is 1. The van der Waals surface area contributed by atoms with Crippen LogP contribution in [0.25, 0.3) is 0 Å². The number of carbonyl (C=O) groups is 1. The molecule has 1 aromatic heterocycles. The van der Waals surface area contributed by atoms with Gasteiger partial charge in [0.05, 0.1) is 6.04 Å². The summed E-state index contributed by atoms with van der Waals surface area (Å²) in [5, 5.41) is 13.5. The molecule has 1 amide bonds. The summed E-state index contributed by atoms with van der Waals surface area (Å²) in [7, 11) is 0. The fraction of sp³-hybridized carbons (Fsp3) is 0.714. The van der Waals surface area contributed by atoms with Crippen LogP contribution in [-0.4, -0.2) is 45.4 Å². The number of nitrogens with zero attached hydrogens (tertiary/aromatic N) is 3. The van der Waals surface area contributed by atoms with Crippen LogP contribution < -0.4 is 0 Å². The highest BCUT2D eigenvalue weighted by molar-refractivity contribution is 5.92. The smallest absolute Gasteiger partial charge is 0.272 e. The van der Waals surface area contributed by atoms with Gasteiger partial charge in [-0.1, -0.05) is 13.8 Å². The molecule has 0 aromatic carbocycles. The minimum atomic E-state index is 0.0420. The van der Waals surface area contributed by atoms with E-state index in [0.717, 1.165) is 25.8 Å². The first-order valence-corrected chi connectivity index (χ1v) is 7.14. The molecule has 0 bridgehead atoms. The van der Waals surface area contributed by atoms with Crippen molar-refractivity contribution in [1.82, 2.24) is 14.7 Å². The lowest BCUT2D eigenvalue weighted by Crippen LogP contribution is -2.31. The van der Waals surface area contributed by atoms with Gasteiger partial charge in [0.25, 0.3) is 5.91 Å². The topological polar surface area (TPSA) is 58.4 Å². The number of rotatable bonds is 5. The minimum Gasteiger partial charge on any atom is -0.396 e. The number of aliphatic hydroxyl groups excluding tert-OH is 1. The van der Waals surface area contributed by atoms with Gasteiger partial charge in [0.15, 0.2) is 0 Å². The summed E-state index contributed by atoms with van der Waals surface area (Å²) in [6.07, 6.45) is 4.53. The molecule has 1 aromatic rings. The molecule has 1 unspecified atom stereocenters. The molecule has 0 spiro atoms. The summed E-state index contributed by atoms with van der Waals surface area (Å²) in [5.41, 5.74) is 0.673. The highest BCUT2D eigenvalue weighted by Gasteiger charge is 2.28. The van der Waals surface area contributed by atoms with Gasteiger partial charge in [-0.05, 0) is 25.3 Å². The molecule has 1 aliphatic heterocycles. The Morgan fingerprint density at radius 3 is 2.84 bits per heavy atom.